The van der Waals surface area contributed by atoms with Gasteiger partial charge >= 0.3 is 0 Å². The van der Waals surface area contributed by atoms with E-state index < -0.39 is 0 Å². The van der Waals surface area contributed by atoms with Gasteiger partial charge in [-0.1, -0.05) is 35.9 Å². The molecule has 0 aliphatic rings. The van der Waals surface area contributed by atoms with Crippen molar-refractivity contribution in [2.75, 3.05) is 5.32 Å². The Morgan fingerprint density at radius 2 is 1.87 bits per heavy atom. The zero-order valence-electron chi connectivity index (χ0n) is 12.8. The van der Waals surface area contributed by atoms with Gasteiger partial charge in [0.25, 0.3) is 5.91 Å². The average Bonchev–Trinajstić information content (AvgIpc) is 2.93. The second kappa shape index (κ2) is 6.26. The van der Waals surface area contributed by atoms with E-state index in [4.69, 9.17) is 16.0 Å². The minimum atomic E-state index is -0.348. The average molecular weight is 327 g/mol. The fourth-order valence-electron chi connectivity index (χ4n) is 2.21. The molecule has 0 saturated carbocycles. The molecular weight excluding hydrogens is 312 g/mol. The number of benzene rings is 2. The van der Waals surface area contributed by atoms with Crippen LogP contribution < -0.4 is 5.32 Å². The van der Waals surface area contributed by atoms with Gasteiger partial charge in [-0.05, 0) is 43.7 Å². The van der Waals surface area contributed by atoms with E-state index in [0.29, 0.717) is 22.4 Å². The summed E-state index contributed by atoms with van der Waals surface area (Å²) >= 11 is 6.14. The molecule has 2 aromatic carbocycles. The highest BCUT2D eigenvalue weighted by molar-refractivity contribution is 6.34. The Bertz CT molecular complexity index is 857. The molecule has 0 fully saturated rings. The molecule has 116 valence electrons. The third-order valence-corrected chi connectivity index (χ3v) is 3.72. The van der Waals surface area contributed by atoms with Crippen molar-refractivity contribution in [1.29, 1.82) is 0 Å². The summed E-state index contributed by atoms with van der Waals surface area (Å²) < 4.78 is 5.60. The highest BCUT2D eigenvalue weighted by Crippen LogP contribution is 2.25. The molecule has 3 rings (SSSR count). The van der Waals surface area contributed by atoms with E-state index in [0.717, 1.165) is 11.1 Å². The van der Waals surface area contributed by atoms with E-state index in [1.54, 1.807) is 19.1 Å². The number of hydrogen-bond donors (Lipinski definition) is 1. The van der Waals surface area contributed by atoms with Crippen LogP contribution >= 0.6 is 11.6 Å². The summed E-state index contributed by atoms with van der Waals surface area (Å²) in [6.45, 7) is 3.65. The van der Waals surface area contributed by atoms with E-state index in [9.17, 15) is 4.79 Å². The summed E-state index contributed by atoms with van der Waals surface area (Å²) in [5.74, 6) is 0.534. The molecule has 1 aromatic heterocycles. The van der Waals surface area contributed by atoms with Crippen LogP contribution in [0.3, 0.4) is 0 Å². The van der Waals surface area contributed by atoms with Gasteiger partial charge in [0, 0.05) is 5.56 Å². The fourth-order valence-corrected chi connectivity index (χ4v) is 2.50. The minimum Gasteiger partial charge on any atom is -0.441 e. The first-order valence-corrected chi connectivity index (χ1v) is 7.53. The molecule has 1 heterocycles. The van der Waals surface area contributed by atoms with Gasteiger partial charge in [0.15, 0.2) is 5.69 Å². The van der Waals surface area contributed by atoms with E-state index >= 15 is 0 Å². The third kappa shape index (κ3) is 3.27. The zero-order chi connectivity index (χ0) is 16.4. The number of amides is 1. The van der Waals surface area contributed by atoms with Gasteiger partial charge < -0.3 is 9.73 Å². The summed E-state index contributed by atoms with van der Waals surface area (Å²) in [4.78, 5) is 16.7. The highest BCUT2D eigenvalue weighted by Gasteiger charge is 2.18. The molecule has 0 saturated heterocycles. The summed E-state index contributed by atoms with van der Waals surface area (Å²) in [5, 5.41) is 3.25. The third-order valence-electron chi connectivity index (χ3n) is 3.41. The van der Waals surface area contributed by atoms with Crippen LogP contribution in [-0.2, 0) is 0 Å². The van der Waals surface area contributed by atoms with E-state index in [1.165, 1.54) is 0 Å². The lowest BCUT2D eigenvalue weighted by Gasteiger charge is -2.06. The van der Waals surface area contributed by atoms with Crippen LogP contribution in [0, 0.1) is 13.8 Å². The van der Waals surface area contributed by atoms with Gasteiger partial charge in [0.2, 0.25) is 5.89 Å². The van der Waals surface area contributed by atoms with E-state index in [2.05, 4.69) is 10.3 Å². The van der Waals surface area contributed by atoms with Crippen molar-refractivity contribution in [1.82, 2.24) is 4.98 Å². The summed E-state index contributed by atoms with van der Waals surface area (Å²) in [6, 6.07) is 14.9. The maximum absolute atomic E-state index is 12.4. The minimum absolute atomic E-state index is 0.250. The predicted octanol–water partition coefficient (Wildman–Crippen LogP) is 4.86. The molecular formula is C18H15ClN2O2. The highest BCUT2D eigenvalue weighted by atomic mass is 35.5. The number of aromatic nitrogens is 1. The topological polar surface area (TPSA) is 55.1 Å². The number of carbonyl (C=O) groups is 1. The van der Waals surface area contributed by atoms with Crippen molar-refractivity contribution in [3.05, 3.63) is 70.6 Å². The lowest BCUT2D eigenvalue weighted by molar-refractivity contribution is 0.102. The number of aryl methyl sites for hydroxylation is 2. The Labute approximate surface area is 139 Å². The molecule has 0 spiro atoms. The second-order valence-corrected chi connectivity index (χ2v) is 5.63. The maximum Gasteiger partial charge on any atom is 0.277 e. The molecule has 3 aromatic rings. The first-order chi connectivity index (χ1) is 11.0. The lowest BCUT2D eigenvalue weighted by Crippen LogP contribution is -2.13. The molecule has 23 heavy (non-hydrogen) atoms. The fraction of sp³-hybridized carbons (Fsp3) is 0.111. The molecule has 1 N–H and O–H groups in total. The summed E-state index contributed by atoms with van der Waals surface area (Å²) in [7, 11) is 0. The van der Waals surface area contributed by atoms with Crippen LogP contribution in [0.15, 0.2) is 52.9 Å². The van der Waals surface area contributed by atoms with Gasteiger partial charge in [-0.2, -0.15) is 0 Å². The lowest BCUT2D eigenvalue weighted by atomic mass is 10.2. The molecule has 1 amide bonds. The smallest absolute Gasteiger partial charge is 0.277 e. The predicted molar refractivity (Wildman–Crippen MR) is 90.8 cm³/mol. The second-order valence-electron chi connectivity index (χ2n) is 5.23. The monoisotopic (exact) mass is 326 g/mol. The van der Waals surface area contributed by atoms with E-state index in [-0.39, 0.29) is 11.6 Å². The molecule has 0 bridgehead atoms. The van der Waals surface area contributed by atoms with Crippen LogP contribution in [-0.4, -0.2) is 10.9 Å². The quantitative estimate of drug-likeness (QED) is 0.747. The largest absolute Gasteiger partial charge is 0.441 e. The number of nitrogens with one attached hydrogen (secondary N) is 1. The van der Waals surface area contributed by atoms with Crippen LogP contribution in [0.2, 0.25) is 5.02 Å². The van der Waals surface area contributed by atoms with Gasteiger partial charge in [-0.3, -0.25) is 4.79 Å². The first kappa shape index (κ1) is 15.3. The van der Waals surface area contributed by atoms with Crippen molar-refractivity contribution in [2.24, 2.45) is 0 Å². The number of halogens is 1. The van der Waals surface area contributed by atoms with E-state index in [1.807, 2.05) is 43.3 Å². The number of oxazole rings is 1. The summed E-state index contributed by atoms with van der Waals surface area (Å²) in [6.07, 6.45) is 0. The molecule has 0 atom stereocenters. The Morgan fingerprint density at radius 3 is 2.57 bits per heavy atom. The Kier molecular flexibility index (Phi) is 4.17. The maximum atomic E-state index is 12.4. The van der Waals surface area contributed by atoms with Crippen LogP contribution in [0.25, 0.3) is 11.5 Å². The van der Waals surface area contributed by atoms with Crippen LogP contribution in [0.1, 0.15) is 21.8 Å². The number of carbonyl (C=O) groups excluding carboxylic acids is 1. The molecule has 5 heteroatoms. The Morgan fingerprint density at radius 1 is 1.13 bits per heavy atom. The number of anilines is 1. The number of rotatable bonds is 3. The van der Waals surface area contributed by atoms with Crippen molar-refractivity contribution < 1.29 is 9.21 Å². The van der Waals surface area contributed by atoms with Crippen molar-refractivity contribution in [3.8, 4) is 11.5 Å². The Balaban J connectivity index is 1.87. The van der Waals surface area contributed by atoms with Crippen LogP contribution in [0.5, 0.6) is 0 Å². The number of nitrogens with zero attached hydrogens (tertiary/aromatic N) is 1. The van der Waals surface area contributed by atoms with Crippen molar-refractivity contribution >= 4 is 23.2 Å². The number of hydrogen-bond acceptors (Lipinski definition) is 3. The van der Waals surface area contributed by atoms with Crippen LogP contribution in [0.4, 0.5) is 5.69 Å². The SMILES string of the molecule is Cc1ccc(NC(=O)c2nc(-c3ccccc3)oc2C)c(Cl)c1. The molecule has 4 nitrogen and oxygen atoms in total. The van der Waals surface area contributed by atoms with Crippen molar-refractivity contribution in [2.45, 2.75) is 13.8 Å². The van der Waals surface area contributed by atoms with Crippen molar-refractivity contribution in [3.63, 3.8) is 0 Å². The standard InChI is InChI=1S/C18H15ClN2O2/c1-11-8-9-15(14(19)10-11)20-17(22)16-12(2)23-18(21-16)13-6-4-3-5-7-13/h3-10H,1-2H3,(H,20,22). The summed E-state index contributed by atoms with van der Waals surface area (Å²) in [5.41, 5.74) is 2.64. The van der Waals surface area contributed by atoms with Gasteiger partial charge in [-0.25, -0.2) is 4.98 Å². The molecule has 0 aliphatic carbocycles. The molecule has 0 unspecified atom stereocenters. The first-order valence-electron chi connectivity index (χ1n) is 7.15. The molecule has 0 radical (unpaired) electrons. The van der Waals surface area contributed by atoms with Gasteiger partial charge in [0.1, 0.15) is 5.76 Å². The zero-order valence-corrected chi connectivity index (χ0v) is 13.5. The van der Waals surface area contributed by atoms with Gasteiger partial charge in [0.05, 0.1) is 10.7 Å². The molecule has 0 aliphatic heterocycles. The Hall–Kier alpha value is -2.59. The van der Waals surface area contributed by atoms with Gasteiger partial charge in [-0.15, -0.1) is 0 Å². The normalized spacial score (nSPS) is 10.6.